The van der Waals surface area contributed by atoms with Crippen molar-refractivity contribution in [2.24, 2.45) is 0 Å². The van der Waals surface area contributed by atoms with Gasteiger partial charge in [0.1, 0.15) is 0 Å². The van der Waals surface area contributed by atoms with Crippen LogP contribution in [0.4, 0.5) is 0 Å². The number of imidazole rings is 1. The maximum absolute atomic E-state index is 12.3. The van der Waals surface area contributed by atoms with Crippen LogP contribution in [0, 0.1) is 13.8 Å². The van der Waals surface area contributed by atoms with Gasteiger partial charge in [-0.1, -0.05) is 0 Å². The summed E-state index contributed by atoms with van der Waals surface area (Å²) in [5, 5.41) is 10.1. The van der Waals surface area contributed by atoms with Gasteiger partial charge < -0.3 is 14.8 Å². The average Bonchev–Trinajstić information content (AvgIpc) is 3.05. The first-order valence-electron chi connectivity index (χ1n) is 7.57. The van der Waals surface area contributed by atoms with Crippen molar-refractivity contribution >= 4 is 5.91 Å². The number of likely N-dealkylation sites (N-methyl/N-ethyl adjacent to an activating group) is 1. The molecular weight excluding hydrogens is 280 g/mol. The zero-order valence-electron chi connectivity index (χ0n) is 13.3. The van der Waals surface area contributed by atoms with Crippen LogP contribution < -0.4 is 5.32 Å². The van der Waals surface area contributed by atoms with Crippen LogP contribution in [0.2, 0.25) is 0 Å². The third kappa shape index (κ3) is 2.76. The first kappa shape index (κ1) is 14.8. The van der Waals surface area contributed by atoms with Crippen molar-refractivity contribution in [3.05, 3.63) is 34.7 Å². The van der Waals surface area contributed by atoms with Crippen LogP contribution in [0.3, 0.4) is 0 Å². The summed E-state index contributed by atoms with van der Waals surface area (Å²) in [5.74, 6) is -0.109. The van der Waals surface area contributed by atoms with E-state index in [4.69, 9.17) is 0 Å². The summed E-state index contributed by atoms with van der Waals surface area (Å²) in [6, 6.07) is 0. The maximum atomic E-state index is 12.3. The Morgan fingerprint density at radius 2 is 2.27 bits per heavy atom. The summed E-state index contributed by atoms with van der Waals surface area (Å²) < 4.78 is 2.05. The number of nitrogens with one attached hydrogen (secondary N) is 2. The monoisotopic (exact) mass is 302 g/mol. The quantitative estimate of drug-likeness (QED) is 0.869. The Kier molecular flexibility index (Phi) is 3.98. The Hall–Kier alpha value is -2.15. The van der Waals surface area contributed by atoms with E-state index in [-0.39, 0.29) is 5.91 Å². The number of aromatic nitrogens is 4. The highest BCUT2D eigenvalue weighted by atomic mass is 16.1. The summed E-state index contributed by atoms with van der Waals surface area (Å²) in [4.78, 5) is 18.8. The lowest BCUT2D eigenvalue weighted by Crippen LogP contribution is -2.31. The second kappa shape index (κ2) is 5.92. The van der Waals surface area contributed by atoms with Gasteiger partial charge in [0.2, 0.25) is 0 Å². The predicted molar refractivity (Wildman–Crippen MR) is 82.7 cm³/mol. The minimum Gasteiger partial charge on any atom is -0.349 e. The van der Waals surface area contributed by atoms with Gasteiger partial charge in [-0.05, 0) is 20.9 Å². The van der Waals surface area contributed by atoms with E-state index in [9.17, 15) is 4.79 Å². The normalized spacial score (nSPS) is 14.9. The number of nitrogens with zero attached hydrogens (tertiary/aromatic N) is 4. The topological polar surface area (TPSA) is 78.8 Å². The summed E-state index contributed by atoms with van der Waals surface area (Å²) in [7, 11) is 2.06. The van der Waals surface area contributed by atoms with E-state index in [0.717, 1.165) is 42.2 Å². The second-order valence-corrected chi connectivity index (χ2v) is 5.88. The molecule has 1 aliphatic rings. The molecule has 0 saturated heterocycles. The van der Waals surface area contributed by atoms with Crippen LogP contribution in [-0.2, 0) is 19.5 Å². The lowest BCUT2D eigenvalue weighted by atomic mass is 10.1. The SMILES string of the molecule is Cc1ncn(CCNC(=O)c2n[nH]c3c2CN(C)CC3)c1C. The smallest absolute Gasteiger partial charge is 0.272 e. The molecule has 0 saturated carbocycles. The van der Waals surface area contributed by atoms with Crippen molar-refractivity contribution in [2.45, 2.75) is 33.4 Å². The fraction of sp³-hybridized carbons (Fsp3) is 0.533. The number of hydrogen-bond acceptors (Lipinski definition) is 4. The number of aryl methyl sites for hydroxylation is 1. The highest BCUT2D eigenvalue weighted by Gasteiger charge is 2.23. The molecule has 118 valence electrons. The number of fused-ring (bicyclic) bond motifs is 1. The number of carbonyl (C=O) groups excluding carboxylic acids is 1. The van der Waals surface area contributed by atoms with Gasteiger partial charge in [0.15, 0.2) is 5.69 Å². The van der Waals surface area contributed by atoms with Crippen LogP contribution in [-0.4, -0.2) is 50.7 Å². The number of rotatable bonds is 4. The van der Waals surface area contributed by atoms with Crippen LogP contribution in [0.15, 0.2) is 6.33 Å². The van der Waals surface area contributed by atoms with Crippen LogP contribution in [0.25, 0.3) is 0 Å². The predicted octanol–water partition coefficient (Wildman–Crippen LogP) is 0.641. The molecule has 2 N–H and O–H groups in total. The van der Waals surface area contributed by atoms with Gasteiger partial charge in [0.05, 0.1) is 12.0 Å². The Labute approximate surface area is 129 Å². The van der Waals surface area contributed by atoms with E-state index in [0.29, 0.717) is 18.8 Å². The van der Waals surface area contributed by atoms with Crippen LogP contribution in [0.5, 0.6) is 0 Å². The largest absolute Gasteiger partial charge is 0.349 e. The lowest BCUT2D eigenvalue weighted by molar-refractivity contribution is 0.0945. The van der Waals surface area contributed by atoms with Crippen LogP contribution >= 0.6 is 0 Å². The first-order chi connectivity index (χ1) is 10.6. The van der Waals surface area contributed by atoms with Crippen molar-refractivity contribution in [2.75, 3.05) is 20.1 Å². The van der Waals surface area contributed by atoms with E-state index in [1.165, 1.54) is 0 Å². The number of hydrogen-bond donors (Lipinski definition) is 2. The number of carbonyl (C=O) groups is 1. The lowest BCUT2D eigenvalue weighted by Gasteiger charge is -2.22. The Morgan fingerprint density at radius 1 is 1.45 bits per heavy atom. The summed E-state index contributed by atoms with van der Waals surface area (Å²) in [6.07, 6.45) is 2.72. The van der Waals surface area contributed by atoms with Crippen molar-refractivity contribution in [3.8, 4) is 0 Å². The zero-order chi connectivity index (χ0) is 15.7. The molecule has 0 spiro atoms. The molecule has 22 heavy (non-hydrogen) atoms. The van der Waals surface area contributed by atoms with Crippen molar-refractivity contribution in [3.63, 3.8) is 0 Å². The van der Waals surface area contributed by atoms with Crippen molar-refractivity contribution in [1.82, 2.24) is 30.0 Å². The zero-order valence-corrected chi connectivity index (χ0v) is 13.3. The van der Waals surface area contributed by atoms with Crippen molar-refractivity contribution in [1.29, 1.82) is 0 Å². The third-order valence-electron chi connectivity index (χ3n) is 4.32. The molecule has 0 aromatic carbocycles. The number of amides is 1. The van der Waals surface area contributed by atoms with Gasteiger partial charge in [-0.3, -0.25) is 9.89 Å². The molecule has 2 aromatic heterocycles. The Bertz CT molecular complexity index is 686. The molecule has 7 heteroatoms. The summed E-state index contributed by atoms with van der Waals surface area (Å²) >= 11 is 0. The summed E-state index contributed by atoms with van der Waals surface area (Å²) in [6.45, 7) is 7.06. The minimum atomic E-state index is -0.109. The highest BCUT2D eigenvalue weighted by Crippen LogP contribution is 2.19. The third-order valence-corrected chi connectivity index (χ3v) is 4.32. The summed E-state index contributed by atoms with van der Waals surface area (Å²) in [5.41, 5.74) is 4.80. The Morgan fingerprint density at radius 3 is 3.00 bits per heavy atom. The van der Waals surface area contributed by atoms with E-state index in [2.05, 4.69) is 32.4 Å². The van der Waals surface area contributed by atoms with Gasteiger partial charge in [0, 0.05) is 49.6 Å². The molecule has 3 rings (SSSR count). The molecule has 0 aliphatic carbocycles. The van der Waals surface area contributed by atoms with Gasteiger partial charge in [-0.2, -0.15) is 5.10 Å². The highest BCUT2D eigenvalue weighted by molar-refractivity contribution is 5.94. The molecule has 0 unspecified atom stereocenters. The number of H-pyrrole nitrogens is 1. The van der Waals surface area contributed by atoms with Crippen LogP contribution in [0.1, 0.15) is 33.1 Å². The molecule has 0 radical (unpaired) electrons. The van der Waals surface area contributed by atoms with Gasteiger partial charge >= 0.3 is 0 Å². The molecule has 7 nitrogen and oxygen atoms in total. The van der Waals surface area contributed by atoms with E-state index < -0.39 is 0 Å². The molecule has 0 atom stereocenters. The molecule has 0 bridgehead atoms. The average molecular weight is 302 g/mol. The molecule has 3 heterocycles. The van der Waals surface area contributed by atoms with Gasteiger partial charge in [-0.15, -0.1) is 0 Å². The van der Waals surface area contributed by atoms with E-state index in [1.807, 2.05) is 24.7 Å². The van der Waals surface area contributed by atoms with E-state index in [1.54, 1.807) is 0 Å². The molecule has 0 fully saturated rings. The maximum Gasteiger partial charge on any atom is 0.272 e. The molecule has 1 aliphatic heterocycles. The Balaban J connectivity index is 1.61. The molecule has 2 aromatic rings. The van der Waals surface area contributed by atoms with Gasteiger partial charge in [-0.25, -0.2) is 4.98 Å². The standard InChI is InChI=1S/C15H22N6O/c1-10-11(2)21(9-17-10)7-5-16-15(22)14-12-8-20(3)6-4-13(12)18-19-14/h9H,4-8H2,1-3H3,(H,16,22)(H,18,19). The minimum absolute atomic E-state index is 0.109. The second-order valence-electron chi connectivity index (χ2n) is 5.88. The molecular formula is C15H22N6O. The fourth-order valence-electron chi connectivity index (χ4n) is 2.76. The molecule has 1 amide bonds. The fourth-order valence-corrected chi connectivity index (χ4v) is 2.76. The first-order valence-corrected chi connectivity index (χ1v) is 7.57. The van der Waals surface area contributed by atoms with E-state index >= 15 is 0 Å². The van der Waals surface area contributed by atoms with Crippen molar-refractivity contribution < 1.29 is 4.79 Å². The number of aromatic amines is 1. The van der Waals surface area contributed by atoms with Gasteiger partial charge in [0.25, 0.3) is 5.91 Å².